The molecule has 0 aliphatic heterocycles. The molecular formula is C25H19Br2ClN4O4. The summed E-state index contributed by atoms with van der Waals surface area (Å²) in [4.78, 5) is 29.2. The Hall–Kier alpha value is -3.08. The first-order valence-electron chi connectivity index (χ1n) is 10.8. The van der Waals surface area contributed by atoms with E-state index in [0.29, 0.717) is 31.8 Å². The molecule has 0 spiro atoms. The maximum atomic E-state index is 13.3. The second-order valence-corrected chi connectivity index (χ2v) is 10.4. The number of fused-ring (bicyclic) bond motifs is 1. The molecule has 3 aromatic carbocycles. The van der Waals surface area contributed by atoms with E-state index in [1.165, 1.54) is 17.0 Å². The standard InChI is InChI=1S/C25H19Br2ClN4O4/c1-14(2)24-30-21-8-5-17(26)10-20(21)25(33)31(24)29-12-16-9-18(27)11-22(32(34)35)23(16)36-13-15-3-6-19(28)7-4-15/h3-12,14H,13H2,1-2H3. The second-order valence-electron chi connectivity index (χ2n) is 8.16. The number of hydrogen-bond acceptors (Lipinski definition) is 6. The minimum Gasteiger partial charge on any atom is -0.481 e. The van der Waals surface area contributed by atoms with Crippen LogP contribution in [0, 0.1) is 10.1 Å². The van der Waals surface area contributed by atoms with Crippen LogP contribution in [0.4, 0.5) is 5.69 Å². The summed E-state index contributed by atoms with van der Waals surface area (Å²) in [5, 5.41) is 17.2. The van der Waals surface area contributed by atoms with Crippen LogP contribution in [-0.2, 0) is 6.61 Å². The Morgan fingerprint density at radius 1 is 1.14 bits per heavy atom. The minimum absolute atomic E-state index is 0.0255. The average Bonchev–Trinajstić information content (AvgIpc) is 2.83. The first kappa shape index (κ1) is 26.0. The van der Waals surface area contributed by atoms with Crippen molar-refractivity contribution in [2.24, 2.45) is 5.10 Å². The second kappa shape index (κ2) is 10.9. The topological polar surface area (TPSA) is 99.6 Å². The highest BCUT2D eigenvalue weighted by molar-refractivity contribution is 9.10. The monoisotopic (exact) mass is 632 g/mol. The number of nitrogens with zero attached hydrogens (tertiary/aromatic N) is 4. The summed E-state index contributed by atoms with van der Waals surface area (Å²) >= 11 is 12.6. The average molecular weight is 635 g/mol. The zero-order valence-electron chi connectivity index (χ0n) is 19.1. The molecule has 0 aliphatic rings. The van der Waals surface area contributed by atoms with Crippen LogP contribution in [0.5, 0.6) is 5.75 Å². The van der Waals surface area contributed by atoms with Crippen LogP contribution in [0.2, 0.25) is 5.02 Å². The summed E-state index contributed by atoms with van der Waals surface area (Å²) in [6.45, 7) is 3.88. The van der Waals surface area contributed by atoms with Crippen LogP contribution >= 0.6 is 43.5 Å². The van der Waals surface area contributed by atoms with Crippen LogP contribution in [0.3, 0.4) is 0 Å². The Labute approximate surface area is 228 Å². The van der Waals surface area contributed by atoms with Crippen molar-refractivity contribution in [3.05, 3.63) is 106 Å². The van der Waals surface area contributed by atoms with Gasteiger partial charge in [-0.1, -0.05) is 69.4 Å². The molecule has 0 saturated heterocycles. The highest BCUT2D eigenvalue weighted by Crippen LogP contribution is 2.34. The summed E-state index contributed by atoms with van der Waals surface area (Å²) in [5.41, 5.74) is 1.07. The van der Waals surface area contributed by atoms with E-state index in [2.05, 4.69) is 41.9 Å². The first-order valence-corrected chi connectivity index (χ1v) is 12.7. The van der Waals surface area contributed by atoms with Crippen LogP contribution < -0.4 is 10.3 Å². The molecule has 1 heterocycles. The SMILES string of the molecule is CC(C)c1nc2ccc(Br)cc2c(=O)n1N=Cc1cc(Br)cc([N+](=O)[O-])c1OCc1ccc(Cl)cc1. The maximum absolute atomic E-state index is 13.3. The van der Waals surface area contributed by atoms with Crippen LogP contribution in [-0.4, -0.2) is 20.8 Å². The fourth-order valence-electron chi connectivity index (χ4n) is 3.50. The van der Waals surface area contributed by atoms with Gasteiger partial charge >= 0.3 is 5.69 Å². The third kappa shape index (κ3) is 5.66. The number of nitro groups is 1. The van der Waals surface area contributed by atoms with Crippen molar-refractivity contribution in [3.63, 3.8) is 0 Å². The number of aromatic nitrogens is 2. The Morgan fingerprint density at radius 3 is 2.53 bits per heavy atom. The van der Waals surface area contributed by atoms with Gasteiger partial charge in [0.15, 0.2) is 0 Å². The van der Waals surface area contributed by atoms with Gasteiger partial charge in [-0.2, -0.15) is 9.78 Å². The maximum Gasteiger partial charge on any atom is 0.312 e. The van der Waals surface area contributed by atoms with E-state index in [4.69, 9.17) is 16.3 Å². The molecule has 0 saturated carbocycles. The molecule has 8 nitrogen and oxygen atoms in total. The zero-order valence-corrected chi connectivity index (χ0v) is 23.0. The number of rotatable bonds is 7. The predicted molar refractivity (Wildman–Crippen MR) is 147 cm³/mol. The van der Waals surface area contributed by atoms with Crippen molar-refractivity contribution in [2.75, 3.05) is 0 Å². The molecule has 0 radical (unpaired) electrons. The van der Waals surface area contributed by atoms with Crippen molar-refractivity contribution in [1.29, 1.82) is 0 Å². The third-order valence-electron chi connectivity index (χ3n) is 5.22. The number of hydrogen-bond donors (Lipinski definition) is 0. The van der Waals surface area contributed by atoms with Crippen molar-refractivity contribution in [2.45, 2.75) is 26.4 Å². The van der Waals surface area contributed by atoms with E-state index in [1.54, 1.807) is 42.5 Å². The van der Waals surface area contributed by atoms with Gasteiger partial charge in [-0.15, -0.1) is 0 Å². The van der Waals surface area contributed by atoms with E-state index >= 15 is 0 Å². The lowest BCUT2D eigenvalue weighted by atomic mass is 10.1. The number of ether oxygens (including phenoxy) is 1. The molecule has 0 N–H and O–H groups in total. The summed E-state index contributed by atoms with van der Waals surface area (Å²) in [7, 11) is 0. The van der Waals surface area contributed by atoms with Gasteiger partial charge in [-0.3, -0.25) is 14.9 Å². The van der Waals surface area contributed by atoms with Crippen molar-refractivity contribution in [1.82, 2.24) is 9.66 Å². The summed E-state index contributed by atoms with van der Waals surface area (Å²) in [6.07, 6.45) is 1.37. The summed E-state index contributed by atoms with van der Waals surface area (Å²) < 4.78 is 8.31. The normalized spacial score (nSPS) is 11.5. The quantitative estimate of drug-likeness (QED) is 0.123. The predicted octanol–water partition coefficient (Wildman–Crippen LogP) is 7.07. The van der Waals surface area contributed by atoms with Gasteiger partial charge in [0.05, 0.1) is 22.0 Å². The molecule has 0 unspecified atom stereocenters. The molecule has 184 valence electrons. The van der Waals surface area contributed by atoms with E-state index in [0.717, 1.165) is 10.0 Å². The lowest BCUT2D eigenvalue weighted by Gasteiger charge is -2.13. The molecule has 0 bridgehead atoms. The van der Waals surface area contributed by atoms with Crippen LogP contribution in [0.15, 0.2) is 73.4 Å². The molecule has 0 fully saturated rings. The van der Waals surface area contributed by atoms with E-state index in [-0.39, 0.29) is 29.5 Å². The van der Waals surface area contributed by atoms with Gasteiger partial charge in [0, 0.05) is 31.5 Å². The highest BCUT2D eigenvalue weighted by Gasteiger charge is 2.21. The molecule has 4 rings (SSSR count). The molecule has 4 aromatic rings. The molecule has 0 aliphatic carbocycles. The molecule has 11 heteroatoms. The lowest BCUT2D eigenvalue weighted by Crippen LogP contribution is -2.23. The molecule has 0 amide bonds. The van der Waals surface area contributed by atoms with Gasteiger partial charge in [-0.05, 0) is 42.0 Å². The molecule has 0 atom stereocenters. The smallest absolute Gasteiger partial charge is 0.312 e. The number of halogens is 3. The van der Waals surface area contributed by atoms with Crippen LogP contribution in [0.1, 0.15) is 36.7 Å². The van der Waals surface area contributed by atoms with Gasteiger partial charge in [-0.25, -0.2) is 4.98 Å². The zero-order chi connectivity index (χ0) is 26.0. The van der Waals surface area contributed by atoms with Crippen molar-refractivity contribution in [3.8, 4) is 5.75 Å². The number of nitro benzene ring substituents is 1. The van der Waals surface area contributed by atoms with E-state index < -0.39 is 4.92 Å². The highest BCUT2D eigenvalue weighted by atomic mass is 79.9. The summed E-state index contributed by atoms with van der Waals surface area (Å²) in [6, 6.07) is 15.2. The van der Waals surface area contributed by atoms with E-state index in [1.807, 2.05) is 19.9 Å². The van der Waals surface area contributed by atoms with Crippen molar-refractivity contribution >= 4 is 66.3 Å². The first-order chi connectivity index (χ1) is 17.1. The molecule has 36 heavy (non-hydrogen) atoms. The Balaban J connectivity index is 1.82. The van der Waals surface area contributed by atoms with Gasteiger partial charge < -0.3 is 4.74 Å². The van der Waals surface area contributed by atoms with Crippen molar-refractivity contribution < 1.29 is 9.66 Å². The van der Waals surface area contributed by atoms with Crippen LogP contribution in [0.25, 0.3) is 10.9 Å². The summed E-state index contributed by atoms with van der Waals surface area (Å²) in [5.74, 6) is 0.372. The lowest BCUT2D eigenvalue weighted by molar-refractivity contribution is -0.386. The third-order valence-corrected chi connectivity index (χ3v) is 6.42. The van der Waals surface area contributed by atoms with E-state index in [9.17, 15) is 14.9 Å². The fraction of sp³-hybridized carbons (Fsp3) is 0.160. The Kier molecular flexibility index (Phi) is 7.87. The number of benzene rings is 3. The molecule has 1 aromatic heterocycles. The fourth-order valence-corrected chi connectivity index (χ4v) is 4.45. The largest absolute Gasteiger partial charge is 0.481 e. The van der Waals surface area contributed by atoms with Gasteiger partial charge in [0.25, 0.3) is 5.56 Å². The Bertz CT molecular complexity index is 1550. The Morgan fingerprint density at radius 2 is 1.86 bits per heavy atom. The van der Waals surface area contributed by atoms with Gasteiger partial charge in [0.1, 0.15) is 12.4 Å². The van der Waals surface area contributed by atoms with Gasteiger partial charge in [0.2, 0.25) is 5.75 Å². The minimum atomic E-state index is -0.528. The molecular weight excluding hydrogens is 616 g/mol.